The average Bonchev–Trinajstić information content (AvgIpc) is 3.25. The molecule has 0 amide bonds. The van der Waals surface area contributed by atoms with Crippen molar-refractivity contribution in [1.82, 2.24) is 15.1 Å². The van der Waals surface area contributed by atoms with Crippen LogP contribution in [0.5, 0.6) is 5.75 Å². The molecule has 1 aliphatic heterocycles. The highest BCUT2D eigenvalue weighted by molar-refractivity contribution is 5.37. The van der Waals surface area contributed by atoms with Gasteiger partial charge in [-0.3, -0.25) is 4.68 Å². The number of ether oxygens (including phenoxy) is 1. The van der Waals surface area contributed by atoms with Crippen molar-refractivity contribution in [3.05, 3.63) is 47.8 Å². The molecule has 1 aliphatic carbocycles. The van der Waals surface area contributed by atoms with Crippen molar-refractivity contribution in [2.24, 2.45) is 0 Å². The van der Waals surface area contributed by atoms with E-state index in [0.29, 0.717) is 5.92 Å². The van der Waals surface area contributed by atoms with Gasteiger partial charge >= 0.3 is 0 Å². The summed E-state index contributed by atoms with van der Waals surface area (Å²) in [6, 6.07) is 9.12. The molecule has 1 aromatic carbocycles. The predicted octanol–water partition coefficient (Wildman–Crippen LogP) is 2.70. The number of nitrogens with one attached hydrogen (secondary N) is 1. The van der Waals surface area contributed by atoms with E-state index in [1.54, 1.807) is 0 Å². The normalized spacial score (nSPS) is 20.9. The summed E-state index contributed by atoms with van der Waals surface area (Å²) in [6.45, 7) is 2.68. The van der Waals surface area contributed by atoms with Crippen molar-refractivity contribution in [2.75, 3.05) is 6.61 Å². The van der Waals surface area contributed by atoms with Gasteiger partial charge in [0.15, 0.2) is 0 Å². The third-order valence-corrected chi connectivity index (χ3v) is 4.35. The molecule has 4 nitrogen and oxygen atoms in total. The van der Waals surface area contributed by atoms with Crippen molar-refractivity contribution in [3.63, 3.8) is 0 Å². The van der Waals surface area contributed by atoms with Gasteiger partial charge in [0.2, 0.25) is 0 Å². The summed E-state index contributed by atoms with van der Waals surface area (Å²) >= 11 is 0. The predicted molar refractivity (Wildman–Crippen MR) is 81.4 cm³/mol. The van der Waals surface area contributed by atoms with Crippen LogP contribution in [-0.2, 0) is 13.1 Å². The van der Waals surface area contributed by atoms with Crippen LogP contribution in [0.1, 0.15) is 36.3 Å². The largest absolute Gasteiger partial charge is 0.493 e. The number of para-hydroxylation sites is 1. The van der Waals surface area contributed by atoms with Crippen LogP contribution in [0, 0.1) is 0 Å². The van der Waals surface area contributed by atoms with Gasteiger partial charge in [0, 0.05) is 36.8 Å². The summed E-state index contributed by atoms with van der Waals surface area (Å²) in [5, 5.41) is 8.05. The second-order valence-corrected chi connectivity index (χ2v) is 6.10. The first kappa shape index (κ1) is 12.9. The van der Waals surface area contributed by atoms with Crippen LogP contribution in [0.4, 0.5) is 0 Å². The molecule has 2 aromatic rings. The number of benzene rings is 1. The summed E-state index contributed by atoms with van der Waals surface area (Å²) in [5.74, 6) is 1.54. The van der Waals surface area contributed by atoms with Gasteiger partial charge in [-0.1, -0.05) is 18.2 Å². The van der Waals surface area contributed by atoms with Crippen LogP contribution in [0.15, 0.2) is 36.7 Å². The molecule has 1 atom stereocenters. The van der Waals surface area contributed by atoms with Gasteiger partial charge in [0.05, 0.1) is 12.8 Å². The molecule has 110 valence electrons. The average molecular weight is 283 g/mol. The van der Waals surface area contributed by atoms with Crippen molar-refractivity contribution in [1.29, 1.82) is 0 Å². The summed E-state index contributed by atoms with van der Waals surface area (Å²) in [4.78, 5) is 0. The number of rotatable bonds is 5. The SMILES string of the molecule is c1ccc2c(c1)OCCC2Cn1cc(CNC2CC2)cn1. The van der Waals surface area contributed by atoms with E-state index in [0.717, 1.165) is 37.9 Å². The molecular weight excluding hydrogens is 262 g/mol. The Kier molecular flexibility index (Phi) is 3.39. The van der Waals surface area contributed by atoms with Crippen LogP contribution in [-0.4, -0.2) is 22.4 Å². The number of hydrogen-bond donors (Lipinski definition) is 1. The molecule has 4 heteroatoms. The maximum absolute atomic E-state index is 5.73. The zero-order valence-corrected chi connectivity index (χ0v) is 12.2. The Bertz CT molecular complexity index is 618. The van der Waals surface area contributed by atoms with E-state index >= 15 is 0 Å². The first-order chi connectivity index (χ1) is 10.4. The molecule has 2 aliphatic rings. The van der Waals surface area contributed by atoms with Gasteiger partial charge < -0.3 is 10.1 Å². The summed E-state index contributed by atoms with van der Waals surface area (Å²) in [7, 11) is 0. The van der Waals surface area contributed by atoms with Gasteiger partial charge in [-0.15, -0.1) is 0 Å². The van der Waals surface area contributed by atoms with E-state index in [1.807, 2.05) is 12.3 Å². The molecular formula is C17H21N3O. The van der Waals surface area contributed by atoms with Gasteiger partial charge in [0.25, 0.3) is 0 Å². The Morgan fingerprint density at radius 1 is 1.24 bits per heavy atom. The van der Waals surface area contributed by atoms with Crippen LogP contribution in [0.3, 0.4) is 0 Å². The summed E-state index contributed by atoms with van der Waals surface area (Å²) in [6.07, 6.45) is 7.88. The van der Waals surface area contributed by atoms with Crippen molar-refractivity contribution in [3.8, 4) is 5.75 Å². The molecule has 1 N–H and O–H groups in total. The fraction of sp³-hybridized carbons (Fsp3) is 0.471. The molecule has 0 radical (unpaired) electrons. The summed E-state index contributed by atoms with van der Waals surface area (Å²) < 4.78 is 7.81. The molecule has 4 rings (SSSR count). The zero-order chi connectivity index (χ0) is 14.1. The van der Waals surface area contributed by atoms with Gasteiger partial charge in [0.1, 0.15) is 5.75 Å². The minimum Gasteiger partial charge on any atom is -0.493 e. The minimum absolute atomic E-state index is 0.499. The van der Waals surface area contributed by atoms with Crippen LogP contribution in [0.25, 0.3) is 0 Å². The molecule has 2 heterocycles. The number of fused-ring (bicyclic) bond motifs is 1. The molecule has 1 fully saturated rings. The molecule has 21 heavy (non-hydrogen) atoms. The molecule has 1 aromatic heterocycles. The molecule has 0 spiro atoms. The molecule has 1 unspecified atom stereocenters. The standard InChI is InChI=1S/C17H21N3O/c1-2-4-17-16(3-1)14(7-8-21-17)12-20-11-13(10-19-20)9-18-15-5-6-15/h1-4,10-11,14-15,18H,5-9,12H2. The second kappa shape index (κ2) is 5.53. The lowest BCUT2D eigenvalue weighted by atomic mass is 9.93. The highest BCUT2D eigenvalue weighted by atomic mass is 16.5. The molecule has 1 saturated carbocycles. The lowest BCUT2D eigenvalue weighted by Gasteiger charge is -2.25. The Morgan fingerprint density at radius 3 is 3.05 bits per heavy atom. The van der Waals surface area contributed by atoms with E-state index in [-0.39, 0.29) is 0 Å². The number of hydrogen-bond acceptors (Lipinski definition) is 3. The summed E-state index contributed by atoms with van der Waals surface area (Å²) in [5.41, 5.74) is 2.60. The maximum Gasteiger partial charge on any atom is 0.122 e. The van der Waals surface area contributed by atoms with Crippen LogP contribution >= 0.6 is 0 Å². The van der Waals surface area contributed by atoms with Crippen molar-refractivity contribution in [2.45, 2.75) is 44.3 Å². The Balaban J connectivity index is 1.44. The first-order valence-electron chi connectivity index (χ1n) is 7.85. The number of nitrogens with zero attached hydrogens (tertiary/aromatic N) is 2. The lowest BCUT2D eigenvalue weighted by Crippen LogP contribution is -2.19. The van der Waals surface area contributed by atoms with Crippen LogP contribution in [0.2, 0.25) is 0 Å². The smallest absolute Gasteiger partial charge is 0.122 e. The van der Waals surface area contributed by atoms with E-state index in [2.05, 4.69) is 39.5 Å². The van der Waals surface area contributed by atoms with Crippen molar-refractivity contribution >= 4 is 0 Å². The van der Waals surface area contributed by atoms with Gasteiger partial charge in [-0.25, -0.2) is 0 Å². The van der Waals surface area contributed by atoms with Crippen LogP contribution < -0.4 is 10.1 Å². The fourth-order valence-corrected chi connectivity index (χ4v) is 2.98. The highest BCUT2D eigenvalue weighted by Crippen LogP contribution is 2.34. The van der Waals surface area contributed by atoms with Gasteiger partial charge in [-0.05, 0) is 30.9 Å². The van der Waals surface area contributed by atoms with E-state index < -0.39 is 0 Å². The van der Waals surface area contributed by atoms with E-state index in [9.17, 15) is 0 Å². The highest BCUT2D eigenvalue weighted by Gasteiger charge is 2.22. The van der Waals surface area contributed by atoms with Gasteiger partial charge in [-0.2, -0.15) is 5.10 Å². The molecule has 0 saturated heterocycles. The van der Waals surface area contributed by atoms with Crippen molar-refractivity contribution < 1.29 is 4.74 Å². The second-order valence-electron chi connectivity index (χ2n) is 6.10. The third kappa shape index (κ3) is 2.95. The fourth-order valence-electron chi connectivity index (χ4n) is 2.98. The Labute approximate surface area is 125 Å². The third-order valence-electron chi connectivity index (χ3n) is 4.35. The number of aromatic nitrogens is 2. The van der Waals surface area contributed by atoms with E-state index in [1.165, 1.54) is 24.0 Å². The Hall–Kier alpha value is -1.81. The quantitative estimate of drug-likeness (QED) is 0.917. The topological polar surface area (TPSA) is 39.1 Å². The van der Waals surface area contributed by atoms with E-state index in [4.69, 9.17) is 4.74 Å². The lowest BCUT2D eigenvalue weighted by molar-refractivity contribution is 0.256. The zero-order valence-electron chi connectivity index (χ0n) is 12.2. The molecule has 0 bridgehead atoms. The Morgan fingerprint density at radius 2 is 2.14 bits per heavy atom. The maximum atomic E-state index is 5.73. The first-order valence-corrected chi connectivity index (χ1v) is 7.85. The monoisotopic (exact) mass is 283 g/mol. The minimum atomic E-state index is 0.499.